The lowest BCUT2D eigenvalue weighted by Crippen LogP contribution is -2.28. The third kappa shape index (κ3) is 2.78. The van der Waals surface area contributed by atoms with Crippen molar-refractivity contribution in [1.82, 2.24) is 10.3 Å². The molecule has 0 bridgehead atoms. The summed E-state index contributed by atoms with van der Waals surface area (Å²) >= 11 is 1.45. The molecule has 0 saturated carbocycles. The van der Waals surface area contributed by atoms with Crippen LogP contribution in [-0.4, -0.2) is 24.3 Å². The van der Waals surface area contributed by atoms with Crippen molar-refractivity contribution in [3.63, 3.8) is 0 Å². The molecule has 0 saturated heterocycles. The number of rotatable bonds is 3. The fraction of sp³-hybridized carbons (Fsp3) is 0.267. The number of aromatic nitrogens is 1. The molecule has 5 nitrogen and oxygen atoms in total. The molecular weight excluding hydrogens is 286 g/mol. The second-order valence-corrected chi connectivity index (χ2v) is 5.24. The van der Waals surface area contributed by atoms with Crippen molar-refractivity contribution in [3.05, 3.63) is 52.0 Å². The maximum atomic E-state index is 12.1. The highest BCUT2D eigenvalue weighted by molar-refractivity contribution is 8.02. The normalized spacial score (nSPS) is 18.1. The molecule has 0 fully saturated rings. The van der Waals surface area contributed by atoms with Crippen molar-refractivity contribution in [1.29, 1.82) is 5.26 Å². The molecule has 2 rings (SSSR count). The van der Waals surface area contributed by atoms with E-state index >= 15 is 0 Å². The van der Waals surface area contributed by atoms with Gasteiger partial charge >= 0.3 is 5.97 Å². The van der Waals surface area contributed by atoms with Gasteiger partial charge in [0.15, 0.2) is 0 Å². The van der Waals surface area contributed by atoms with Gasteiger partial charge in [-0.3, -0.25) is 4.98 Å². The van der Waals surface area contributed by atoms with E-state index in [4.69, 9.17) is 4.74 Å². The van der Waals surface area contributed by atoms with Crippen LogP contribution >= 0.6 is 11.8 Å². The summed E-state index contributed by atoms with van der Waals surface area (Å²) < 4.78 is 4.88. The van der Waals surface area contributed by atoms with Crippen LogP contribution in [0.3, 0.4) is 0 Å². The van der Waals surface area contributed by atoms with Crippen molar-refractivity contribution in [2.75, 3.05) is 13.4 Å². The number of hydrogen-bond donors (Lipinski definition) is 1. The van der Waals surface area contributed by atoms with Crippen LogP contribution in [0.15, 0.2) is 46.4 Å². The highest BCUT2D eigenvalue weighted by Crippen LogP contribution is 2.40. The highest BCUT2D eigenvalue weighted by Gasteiger charge is 2.34. The van der Waals surface area contributed by atoms with Gasteiger partial charge in [-0.1, -0.05) is 0 Å². The monoisotopic (exact) mass is 301 g/mol. The number of nitrogens with one attached hydrogen (secondary N) is 1. The van der Waals surface area contributed by atoms with E-state index in [0.29, 0.717) is 16.8 Å². The minimum Gasteiger partial charge on any atom is -0.466 e. The molecule has 0 aliphatic carbocycles. The summed E-state index contributed by atoms with van der Waals surface area (Å²) in [7, 11) is 1.34. The number of esters is 1. The lowest BCUT2D eigenvalue weighted by Gasteiger charge is -2.28. The predicted octanol–water partition coefficient (Wildman–Crippen LogP) is 2.31. The Bertz CT molecular complexity index is 659. The number of allylic oxidation sites excluding steroid dienone is 2. The maximum absolute atomic E-state index is 12.1. The number of thioether (sulfide) groups is 1. The molecular formula is C15H15N3O2S. The Labute approximate surface area is 127 Å². The van der Waals surface area contributed by atoms with Crippen molar-refractivity contribution < 1.29 is 9.53 Å². The van der Waals surface area contributed by atoms with Gasteiger partial charge in [0, 0.05) is 18.1 Å². The molecule has 0 radical (unpaired) electrons. The van der Waals surface area contributed by atoms with Crippen LogP contribution in [0.2, 0.25) is 0 Å². The van der Waals surface area contributed by atoms with Crippen LogP contribution in [0.5, 0.6) is 0 Å². The van der Waals surface area contributed by atoms with E-state index in [2.05, 4.69) is 16.4 Å². The standard InChI is InChI=1S/C15H15N3O2S/c1-9-12(15(19)20-2)13(10-4-6-17-7-5-10)11(8-16)14(18-9)21-3/h4-7,13,18H,1-3H3. The number of hydrogen-bond acceptors (Lipinski definition) is 6. The van der Waals surface area contributed by atoms with Gasteiger partial charge in [0.05, 0.1) is 35.3 Å². The number of dihydropyridines is 1. The third-order valence-electron chi connectivity index (χ3n) is 3.30. The molecule has 1 atom stereocenters. The van der Waals surface area contributed by atoms with Gasteiger partial charge in [0.25, 0.3) is 0 Å². The number of pyridine rings is 1. The van der Waals surface area contributed by atoms with E-state index in [1.807, 2.05) is 25.3 Å². The maximum Gasteiger partial charge on any atom is 0.336 e. The van der Waals surface area contributed by atoms with E-state index in [1.165, 1.54) is 18.9 Å². The van der Waals surface area contributed by atoms with E-state index in [9.17, 15) is 10.1 Å². The Morgan fingerprint density at radius 3 is 2.67 bits per heavy atom. The number of carbonyl (C=O) groups is 1. The van der Waals surface area contributed by atoms with Gasteiger partial charge in [-0.25, -0.2) is 4.79 Å². The minimum atomic E-state index is -0.436. The summed E-state index contributed by atoms with van der Waals surface area (Å²) in [5.74, 6) is -0.871. The number of nitrogens with zero attached hydrogens (tertiary/aromatic N) is 2. The predicted molar refractivity (Wildman–Crippen MR) is 81.0 cm³/mol. The van der Waals surface area contributed by atoms with Gasteiger partial charge < -0.3 is 10.1 Å². The largest absolute Gasteiger partial charge is 0.466 e. The van der Waals surface area contributed by atoms with E-state index < -0.39 is 11.9 Å². The average molecular weight is 301 g/mol. The first kappa shape index (κ1) is 15.1. The molecule has 1 aliphatic rings. The van der Waals surface area contributed by atoms with Gasteiger partial charge in [-0.05, 0) is 30.9 Å². The molecule has 21 heavy (non-hydrogen) atoms. The molecule has 6 heteroatoms. The Balaban J connectivity index is 2.65. The molecule has 1 unspecified atom stereocenters. The van der Waals surface area contributed by atoms with E-state index in [-0.39, 0.29) is 0 Å². The minimum absolute atomic E-state index is 0.435. The molecule has 0 spiro atoms. The quantitative estimate of drug-likeness (QED) is 0.864. The number of nitriles is 1. The zero-order valence-electron chi connectivity index (χ0n) is 12.0. The smallest absolute Gasteiger partial charge is 0.336 e. The first-order valence-corrected chi connectivity index (χ1v) is 7.50. The molecule has 1 aliphatic heterocycles. The molecule has 108 valence electrons. The Morgan fingerprint density at radius 1 is 1.48 bits per heavy atom. The Kier molecular flexibility index (Phi) is 4.66. The van der Waals surface area contributed by atoms with Crippen LogP contribution in [0.25, 0.3) is 0 Å². The molecule has 1 aromatic rings. The zero-order chi connectivity index (χ0) is 15.4. The second-order valence-electron chi connectivity index (χ2n) is 4.43. The Hall–Kier alpha value is -2.26. The summed E-state index contributed by atoms with van der Waals surface area (Å²) in [5.41, 5.74) is 2.51. The lowest BCUT2D eigenvalue weighted by molar-refractivity contribution is -0.136. The molecule has 1 aromatic heterocycles. The highest BCUT2D eigenvalue weighted by atomic mass is 32.2. The van der Waals surface area contributed by atoms with Crippen molar-refractivity contribution in [2.45, 2.75) is 12.8 Å². The second kappa shape index (κ2) is 6.46. The van der Waals surface area contributed by atoms with Crippen LogP contribution in [0, 0.1) is 11.3 Å². The number of carbonyl (C=O) groups excluding carboxylic acids is 1. The molecule has 0 aromatic carbocycles. The first-order valence-electron chi connectivity index (χ1n) is 6.28. The third-order valence-corrected chi connectivity index (χ3v) is 4.03. The van der Waals surface area contributed by atoms with Gasteiger partial charge in [-0.15, -0.1) is 11.8 Å². The van der Waals surface area contributed by atoms with Gasteiger partial charge in [0.2, 0.25) is 0 Å². The number of methoxy groups -OCH3 is 1. The lowest BCUT2D eigenvalue weighted by atomic mass is 9.83. The Morgan fingerprint density at radius 2 is 2.14 bits per heavy atom. The molecule has 0 amide bonds. The van der Waals surface area contributed by atoms with Crippen molar-refractivity contribution in [3.8, 4) is 6.07 Å². The van der Waals surface area contributed by atoms with E-state index in [0.717, 1.165) is 10.6 Å². The summed E-state index contributed by atoms with van der Waals surface area (Å²) in [6.07, 6.45) is 5.18. The summed E-state index contributed by atoms with van der Waals surface area (Å²) in [6, 6.07) is 5.83. The summed E-state index contributed by atoms with van der Waals surface area (Å²) in [4.78, 5) is 16.1. The summed E-state index contributed by atoms with van der Waals surface area (Å²) in [6.45, 7) is 1.81. The van der Waals surface area contributed by atoms with Crippen LogP contribution in [-0.2, 0) is 9.53 Å². The molecule has 2 heterocycles. The van der Waals surface area contributed by atoms with Crippen molar-refractivity contribution in [2.24, 2.45) is 0 Å². The zero-order valence-corrected chi connectivity index (χ0v) is 12.8. The van der Waals surface area contributed by atoms with Crippen LogP contribution in [0.1, 0.15) is 18.4 Å². The van der Waals surface area contributed by atoms with Crippen LogP contribution in [0.4, 0.5) is 0 Å². The SMILES string of the molecule is COC(=O)C1=C(C)NC(SC)=C(C#N)C1c1ccncc1. The average Bonchev–Trinajstić information content (AvgIpc) is 2.53. The summed E-state index contributed by atoms with van der Waals surface area (Å²) in [5, 5.41) is 13.4. The molecule has 1 N–H and O–H groups in total. The van der Waals surface area contributed by atoms with E-state index in [1.54, 1.807) is 12.4 Å². The fourth-order valence-electron chi connectivity index (χ4n) is 2.34. The number of ether oxygens (including phenoxy) is 1. The first-order chi connectivity index (χ1) is 10.1. The van der Waals surface area contributed by atoms with Gasteiger partial charge in [-0.2, -0.15) is 5.26 Å². The van der Waals surface area contributed by atoms with Crippen molar-refractivity contribution >= 4 is 17.7 Å². The topological polar surface area (TPSA) is 75.0 Å². The fourth-order valence-corrected chi connectivity index (χ4v) is 2.98. The van der Waals surface area contributed by atoms with Gasteiger partial charge in [0.1, 0.15) is 0 Å². The van der Waals surface area contributed by atoms with Crippen LogP contribution < -0.4 is 5.32 Å².